The molecule has 0 radical (unpaired) electrons. The van der Waals surface area contributed by atoms with Crippen LogP contribution in [0.15, 0.2) is 48.5 Å². The number of halogens is 1. The standard InChI is InChI=1S/C14H11IN2O3/c15-12-6-3-5-10(8-12)14(18)16-9-11-4-1-2-7-13(11)17(19)20/h1-8H,9H2,(H,16,18). The second-order valence-corrected chi connectivity index (χ2v) is 5.32. The van der Waals surface area contributed by atoms with Gasteiger partial charge in [0, 0.05) is 27.3 Å². The predicted molar refractivity (Wildman–Crippen MR) is 83.4 cm³/mol. The Labute approximate surface area is 129 Å². The minimum Gasteiger partial charge on any atom is -0.348 e. The highest BCUT2D eigenvalue weighted by Crippen LogP contribution is 2.17. The molecule has 20 heavy (non-hydrogen) atoms. The second kappa shape index (κ2) is 6.47. The average Bonchev–Trinajstić information content (AvgIpc) is 2.45. The first-order chi connectivity index (χ1) is 9.58. The number of hydrogen-bond acceptors (Lipinski definition) is 3. The van der Waals surface area contributed by atoms with Crippen molar-refractivity contribution in [2.24, 2.45) is 0 Å². The van der Waals surface area contributed by atoms with Crippen molar-refractivity contribution in [3.63, 3.8) is 0 Å². The van der Waals surface area contributed by atoms with E-state index in [9.17, 15) is 14.9 Å². The molecule has 0 saturated carbocycles. The Morgan fingerprint density at radius 1 is 1.20 bits per heavy atom. The number of nitro groups is 1. The Hall–Kier alpha value is -1.96. The Kier molecular flexibility index (Phi) is 4.67. The van der Waals surface area contributed by atoms with Gasteiger partial charge in [-0.1, -0.05) is 24.3 Å². The molecule has 0 bridgehead atoms. The van der Waals surface area contributed by atoms with Crippen LogP contribution in [0.4, 0.5) is 5.69 Å². The van der Waals surface area contributed by atoms with Crippen molar-refractivity contribution < 1.29 is 9.72 Å². The van der Waals surface area contributed by atoms with E-state index in [0.29, 0.717) is 11.1 Å². The maximum Gasteiger partial charge on any atom is 0.274 e. The Balaban J connectivity index is 2.09. The summed E-state index contributed by atoms with van der Waals surface area (Å²) >= 11 is 2.12. The lowest BCUT2D eigenvalue weighted by Crippen LogP contribution is -2.23. The second-order valence-electron chi connectivity index (χ2n) is 4.08. The first-order valence-corrected chi connectivity index (χ1v) is 6.92. The molecule has 0 aliphatic carbocycles. The van der Waals surface area contributed by atoms with Gasteiger partial charge in [0.05, 0.1) is 4.92 Å². The minimum absolute atomic E-state index is 0.00967. The number of para-hydroxylation sites is 1. The first kappa shape index (κ1) is 14.4. The summed E-state index contributed by atoms with van der Waals surface area (Å²) in [5.41, 5.74) is 1.03. The third-order valence-electron chi connectivity index (χ3n) is 2.71. The number of nitrogens with zero attached hydrogens (tertiary/aromatic N) is 1. The summed E-state index contributed by atoms with van der Waals surface area (Å²) in [6.45, 7) is 0.126. The zero-order valence-corrected chi connectivity index (χ0v) is 12.5. The molecule has 1 amide bonds. The lowest BCUT2D eigenvalue weighted by molar-refractivity contribution is -0.385. The fraction of sp³-hybridized carbons (Fsp3) is 0.0714. The van der Waals surface area contributed by atoms with Gasteiger partial charge in [-0.05, 0) is 40.8 Å². The summed E-state index contributed by atoms with van der Waals surface area (Å²) in [6, 6.07) is 13.5. The molecular weight excluding hydrogens is 371 g/mol. The summed E-state index contributed by atoms with van der Waals surface area (Å²) in [5, 5.41) is 13.6. The Morgan fingerprint density at radius 2 is 1.95 bits per heavy atom. The van der Waals surface area contributed by atoms with E-state index in [1.807, 2.05) is 6.07 Å². The van der Waals surface area contributed by atoms with Gasteiger partial charge >= 0.3 is 0 Å². The zero-order valence-electron chi connectivity index (χ0n) is 10.4. The van der Waals surface area contributed by atoms with Crippen molar-refractivity contribution in [3.05, 3.63) is 73.3 Å². The highest BCUT2D eigenvalue weighted by Gasteiger charge is 2.13. The van der Waals surface area contributed by atoms with Gasteiger partial charge in [0.15, 0.2) is 0 Å². The van der Waals surface area contributed by atoms with Crippen LogP contribution in [0.1, 0.15) is 15.9 Å². The Morgan fingerprint density at radius 3 is 2.65 bits per heavy atom. The molecular formula is C14H11IN2O3. The number of rotatable bonds is 4. The number of nitro benzene ring substituents is 1. The fourth-order valence-electron chi connectivity index (χ4n) is 1.75. The van der Waals surface area contributed by atoms with Gasteiger partial charge in [-0.3, -0.25) is 14.9 Å². The minimum atomic E-state index is -0.451. The molecule has 0 unspecified atom stereocenters. The van der Waals surface area contributed by atoms with Crippen LogP contribution in [0.3, 0.4) is 0 Å². The lowest BCUT2D eigenvalue weighted by Gasteiger charge is -2.06. The molecule has 6 heteroatoms. The smallest absolute Gasteiger partial charge is 0.274 e. The molecule has 2 rings (SSSR count). The summed E-state index contributed by atoms with van der Waals surface area (Å²) in [4.78, 5) is 22.4. The van der Waals surface area contributed by atoms with Crippen LogP contribution in [0.5, 0.6) is 0 Å². The molecule has 0 saturated heterocycles. The number of hydrogen-bond donors (Lipinski definition) is 1. The molecule has 1 N–H and O–H groups in total. The number of benzene rings is 2. The molecule has 0 aromatic heterocycles. The molecule has 102 valence electrons. The molecule has 0 fully saturated rings. The molecule has 2 aromatic carbocycles. The summed E-state index contributed by atoms with van der Waals surface area (Å²) < 4.78 is 0.959. The van der Waals surface area contributed by atoms with Crippen LogP contribution >= 0.6 is 22.6 Å². The fourth-order valence-corrected chi connectivity index (χ4v) is 2.29. The van der Waals surface area contributed by atoms with E-state index in [-0.39, 0.29) is 18.1 Å². The van der Waals surface area contributed by atoms with E-state index in [4.69, 9.17) is 0 Å². The topological polar surface area (TPSA) is 72.2 Å². The summed E-state index contributed by atoms with van der Waals surface area (Å²) in [7, 11) is 0. The van der Waals surface area contributed by atoms with E-state index in [2.05, 4.69) is 27.9 Å². The van der Waals surface area contributed by atoms with Crippen LogP contribution in [0.25, 0.3) is 0 Å². The van der Waals surface area contributed by atoms with Crippen molar-refractivity contribution >= 4 is 34.2 Å². The van der Waals surface area contributed by atoms with Crippen molar-refractivity contribution in [1.82, 2.24) is 5.32 Å². The van der Waals surface area contributed by atoms with Gasteiger partial charge < -0.3 is 5.32 Å². The van der Waals surface area contributed by atoms with E-state index in [1.165, 1.54) is 6.07 Å². The molecule has 0 heterocycles. The van der Waals surface area contributed by atoms with E-state index in [0.717, 1.165) is 3.57 Å². The normalized spacial score (nSPS) is 10.1. The lowest BCUT2D eigenvalue weighted by atomic mass is 10.1. The summed E-state index contributed by atoms with van der Waals surface area (Å²) in [6.07, 6.45) is 0. The van der Waals surface area contributed by atoms with Crippen LogP contribution in [0, 0.1) is 13.7 Å². The monoisotopic (exact) mass is 382 g/mol. The van der Waals surface area contributed by atoms with Crippen LogP contribution in [0.2, 0.25) is 0 Å². The molecule has 0 aliphatic heterocycles. The first-order valence-electron chi connectivity index (χ1n) is 5.84. The molecule has 2 aromatic rings. The number of amides is 1. The highest BCUT2D eigenvalue weighted by molar-refractivity contribution is 14.1. The molecule has 5 nitrogen and oxygen atoms in total. The summed E-state index contributed by atoms with van der Waals surface area (Å²) in [5.74, 6) is -0.248. The molecule has 0 aliphatic rings. The van der Waals surface area contributed by atoms with Crippen LogP contribution < -0.4 is 5.32 Å². The van der Waals surface area contributed by atoms with Crippen LogP contribution in [-0.4, -0.2) is 10.8 Å². The van der Waals surface area contributed by atoms with Gasteiger partial charge in [-0.25, -0.2) is 0 Å². The Bertz CT molecular complexity index is 658. The van der Waals surface area contributed by atoms with Crippen LogP contribution in [-0.2, 0) is 6.54 Å². The van der Waals surface area contributed by atoms with Gasteiger partial charge in [-0.2, -0.15) is 0 Å². The predicted octanol–water partition coefficient (Wildman–Crippen LogP) is 3.13. The zero-order chi connectivity index (χ0) is 14.5. The maximum atomic E-state index is 12.0. The van der Waals surface area contributed by atoms with Gasteiger partial charge in [0.1, 0.15) is 0 Å². The third kappa shape index (κ3) is 3.53. The van der Waals surface area contributed by atoms with E-state index < -0.39 is 4.92 Å². The van der Waals surface area contributed by atoms with Crippen molar-refractivity contribution in [3.8, 4) is 0 Å². The van der Waals surface area contributed by atoms with E-state index >= 15 is 0 Å². The van der Waals surface area contributed by atoms with E-state index in [1.54, 1.807) is 36.4 Å². The maximum absolute atomic E-state index is 12.0. The highest BCUT2D eigenvalue weighted by atomic mass is 127. The third-order valence-corrected chi connectivity index (χ3v) is 3.39. The SMILES string of the molecule is O=C(NCc1ccccc1[N+](=O)[O-])c1cccc(I)c1. The van der Waals surface area contributed by atoms with Crippen molar-refractivity contribution in [2.75, 3.05) is 0 Å². The average molecular weight is 382 g/mol. The number of nitrogens with one attached hydrogen (secondary N) is 1. The number of carbonyl (C=O) groups excluding carboxylic acids is 1. The van der Waals surface area contributed by atoms with Crippen molar-refractivity contribution in [2.45, 2.75) is 6.54 Å². The van der Waals surface area contributed by atoms with Crippen molar-refractivity contribution in [1.29, 1.82) is 0 Å². The van der Waals surface area contributed by atoms with Gasteiger partial charge in [0.2, 0.25) is 0 Å². The van der Waals surface area contributed by atoms with Gasteiger partial charge in [-0.15, -0.1) is 0 Å². The quantitative estimate of drug-likeness (QED) is 0.502. The molecule has 0 atom stereocenters. The van der Waals surface area contributed by atoms with Gasteiger partial charge in [0.25, 0.3) is 11.6 Å². The largest absolute Gasteiger partial charge is 0.348 e. The molecule has 0 spiro atoms. The number of carbonyl (C=O) groups is 1.